The number of unbranched alkanes of at least 4 members (excludes halogenated alkanes) is 5. The third kappa shape index (κ3) is 6.87. The first-order valence-electron chi connectivity index (χ1n) is 10.9. The van der Waals surface area contributed by atoms with Gasteiger partial charge in [0.25, 0.3) is 5.56 Å². The molecule has 8 nitrogen and oxygen atoms in total. The van der Waals surface area contributed by atoms with E-state index in [9.17, 15) is 19.5 Å². The Labute approximate surface area is 187 Å². The Hall–Kier alpha value is -3.29. The summed E-state index contributed by atoms with van der Waals surface area (Å²) in [5.41, 5.74) is 5.04. The van der Waals surface area contributed by atoms with Crippen molar-refractivity contribution in [3.05, 3.63) is 57.5 Å². The minimum absolute atomic E-state index is 0.118. The van der Waals surface area contributed by atoms with Crippen molar-refractivity contribution < 1.29 is 24.2 Å². The van der Waals surface area contributed by atoms with E-state index < -0.39 is 29.1 Å². The Morgan fingerprint density at radius 2 is 1.75 bits per heavy atom. The number of aromatic amines is 1. The summed E-state index contributed by atoms with van der Waals surface area (Å²) in [5.74, 6) is -2.16. The van der Waals surface area contributed by atoms with Gasteiger partial charge in [-0.05, 0) is 24.1 Å². The van der Waals surface area contributed by atoms with Crippen LogP contribution in [-0.2, 0) is 9.53 Å². The Morgan fingerprint density at radius 1 is 1.09 bits per heavy atom. The SMILES string of the molecule is CCCCCCCCOc1ccc(C(CC(N)=O)c2c(O)c(C(=O)OC)c[nH]c2=O)cc1. The average Bonchev–Trinajstić information content (AvgIpc) is 2.77. The number of nitrogens with one attached hydrogen (secondary N) is 1. The van der Waals surface area contributed by atoms with Crippen LogP contribution in [0.5, 0.6) is 11.5 Å². The first kappa shape index (κ1) is 25.0. The molecule has 32 heavy (non-hydrogen) atoms. The lowest BCUT2D eigenvalue weighted by Gasteiger charge is -2.18. The molecule has 0 aliphatic rings. The van der Waals surface area contributed by atoms with Gasteiger partial charge >= 0.3 is 5.97 Å². The van der Waals surface area contributed by atoms with Gasteiger partial charge in [0.2, 0.25) is 5.91 Å². The number of hydrogen-bond donors (Lipinski definition) is 3. The third-order valence-electron chi connectivity index (χ3n) is 5.31. The van der Waals surface area contributed by atoms with Gasteiger partial charge in [-0.2, -0.15) is 0 Å². The summed E-state index contributed by atoms with van der Waals surface area (Å²) in [6.07, 6.45) is 7.87. The van der Waals surface area contributed by atoms with Crippen molar-refractivity contribution >= 4 is 11.9 Å². The van der Waals surface area contributed by atoms with Gasteiger partial charge < -0.3 is 25.3 Å². The minimum Gasteiger partial charge on any atom is -0.506 e. The molecule has 0 radical (unpaired) electrons. The van der Waals surface area contributed by atoms with Crippen LogP contribution in [0.15, 0.2) is 35.3 Å². The van der Waals surface area contributed by atoms with Crippen LogP contribution >= 0.6 is 0 Å². The molecule has 1 amide bonds. The average molecular weight is 445 g/mol. The van der Waals surface area contributed by atoms with Crippen molar-refractivity contribution in [3.8, 4) is 11.5 Å². The van der Waals surface area contributed by atoms with Crippen LogP contribution in [0.1, 0.15) is 79.3 Å². The molecule has 1 aromatic heterocycles. The molecule has 2 aromatic rings. The summed E-state index contributed by atoms with van der Waals surface area (Å²) in [6, 6.07) is 6.92. The number of H-pyrrole nitrogens is 1. The van der Waals surface area contributed by atoms with Crippen molar-refractivity contribution in [2.75, 3.05) is 13.7 Å². The number of carbonyl (C=O) groups excluding carboxylic acids is 2. The third-order valence-corrected chi connectivity index (χ3v) is 5.31. The summed E-state index contributed by atoms with van der Waals surface area (Å²) in [6.45, 7) is 2.80. The fraction of sp³-hybridized carbons (Fsp3) is 0.458. The zero-order valence-electron chi connectivity index (χ0n) is 18.7. The molecule has 0 bridgehead atoms. The lowest BCUT2D eigenvalue weighted by molar-refractivity contribution is -0.118. The Morgan fingerprint density at radius 3 is 2.38 bits per heavy atom. The molecular formula is C24H32N2O6. The van der Waals surface area contributed by atoms with Crippen LogP contribution in [0.2, 0.25) is 0 Å². The summed E-state index contributed by atoms with van der Waals surface area (Å²) in [5, 5.41) is 10.6. The number of carbonyl (C=O) groups is 2. The van der Waals surface area contributed by atoms with Crippen LogP contribution in [0.3, 0.4) is 0 Å². The van der Waals surface area contributed by atoms with Gasteiger partial charge in [-0.3, -0.25) is 9.59 Å². The second-order valence-electron chi connectivity index (χ2n) is 7.69. The van der Waals surface area contributed by atoms with Crippen molar-refractivity contribution in [2.45, 2.75) is 57.8 Å². The summed E-state index contributed by atoms with van der Waals surface area (Å²) >= 11 is 0. The van der Waals surface area contributed by atoms with E-state index in [1.165, 1.54) is 25.7 Å². The van der Waals surface area contributed by atoms with E-state index in [4.69, 9.17) is 10.5 Å². The second kappa shape index (κ2) is 12.5. The minimum atomic E-state index is -0.839. The highest BCUT2D eigenvalue weighted by atomic mass is 16.5. The number of esters is 1. The molecule has 1 aromatic carbocycles. The maximum Gasteiger partial charge on any atom is 0.343 e. The molecule has 0 fully saturated rings. The van der Waals surface area contributed by atoms with Crippen molar-refractivity contribution in [3.63, 3.8) is 0 Å². The normalized spacial score (nSPS) is 11.7. The van der Waals surface area contributed by atoms with Crippen LogP contribution in [0, 0.1) is 0 Å². The molecule has 1 atom stereocenters. The van der Waals surface area contributed by atoms with Gasteiger partial charge in [0.15, 0.2) is 0 Å². The molecule has 174 valence electrons. The van der Waals surface area contributed by atoms with Gasteiger partial charge in [-0.15, -0.1) is 0 Å². The van der Waals surface area contributed by atoms with Gasteiger partial charge in [-0.1, -0.05) is 51.2 Å². The number of pyridine rings is 1. The number of aromatic hydroxyl groups is 1. The van der Waals surface area contributed by atoms with Gasteiger partial charge in [0.1, 0.15) is 17.1 Å². The Kier molecular flexibility index (Phi) is 9.78. The standard InChI is InChI=1S/C24H32N2O6/c1-3-4-5-6-7-8-13-32-17-11-9-16(10-12-17)18(14-20(25)27)21-22(28)19(24(30)31-2)15-26-23(21)29/h9-12,15,18H,3-8,13-14H2,1-2H3,(H2,25,27)(H2,26,28,29). The van der Waals surface area contributed by atoms with E-state index in [1.807, 2.05) is 0 Å². The first-order valence-corrected chi connectivity index (χ1v) is 10.9. The van der Waals surface area contributed by atoms with Crippen LogP contribution in [-0.4, -0.2) is 35.7 Å². The predicted molar refractivity (Wildman–Crippen MR) is 121 cm³/mol. The fourth-order valence-electron chi connectivity index (χ4n) is 3.58. The van der Waals surface area contributed by atoms with Crippen molar-refractivity contribution in [1.82, 2.24) is 4.98 Å². The van der Waals surface area contributed by atoms with Crippen molar-refractivity contribution in [2.24, 2.45) is 5.73 Å². The summed E-state index contributed by atoms with van der Waals surface area (Å²) < 4.78 is 10.4. The molecule has 0 aliphatic carbocycles. The molecular weight excluding hydrogens is 412 g/mol. The number of rotatable bonds is 13. The Bertz CT molecular complexity index is 952. The van der Waals surface area contributed by atoms with E-state index in [-0.39, 0.29) is 17.5 Å². The molecule has 0 saturated carbocycles. The summed E-state index contributed by atoms with van der Waals surface area (Å²) in [4.78, 5) is 38.5. The molecule has 0 spiro atoms. The van der Waals surface area contributed by atoms with Gasteiger partial charge in [0, 0.05) is 18.5 Å². The van der Waals surface area contributed by atoms with E-state index >= 15 is 0 Å². The first-order chi connectivity index (χ1) is 15.4. The molecule has 0 aliphatic heterocycles. The molecule has 1 heterocycles. The highest BCUT2D eigenvalue weighted by Gasteiger charge is 2.27. The maximum absolute atomic E-state index is 12.5. The van der Waals surface area contributed by atoms with Crippen LogP contribution in [0.25, 0.3) is 0 Å². The van der Waals surface area contributed by atoms with E-state index in [0.29, 0.717) is 17.9 Å². The molecule has 2 rings (SSSR count). The maximum atomic E-state index is 12.5. The number of hydrogen-bond acceptors (Lipinski definition) is 6. The number of aromatic nitrogens is 1. The molecule has 4 N–H and O–H groups in total. The molecule has 1 unspecified atom stereocenters. The largest absolute Gasteiger partial charge is 0.506 e. The fourth-order valence-corrected chi connectivity index (χ4v) is 3.58. The second-order valence-corrected chi connectivity index (χ2v) is 7.69. The monoisotopic (exact) mass is 444 g/mol. The van der Waals surface area contributed by atoms with Crippen LogP contribution in [0.4, 0.5) is 0 Å². The van der Waals surface area contributed by atoms with E-state index in [2.05, 4.69) is 16.6 Å². The van der Waals surface area contributed by atoms with E-state index in [0.717, 1.165) is 26.1 Å². The topological polar surface area (TPSA) is 132 Å². The molecule has 0 saturated heterocycles. The van der Waals surface area contributed by atoms with Crippen LogP contribution < -0.4 is 16.0 Å². The molecule has 8 heteroatoms. The Balaban J connectivity index is 2.18. The quantitative estimate of drug-likeness (QED) is 0.319. The van der Waals surface area contributed by atoms with E-state index in [1.54, 1.807) is 24.3 Å². The highest BCUT2D eigenvalue weighted by molar-refractivity contribution is 5.92. The number of primary amides is 1. The smallest absolute Gasteiger partial charge is 0.343 e. The zero-order valence-corrected chi connectivity index (χ0v) is 18.7. The van der Waals surface area contributed by atoms with Crippen molar-refractivity contribution in [1.29, 1.82) is 0 Å². The summed E-state index contributed by atoms with van der Waals surface area (Å²) in [7, 11) is 1.16. The van der Waals surface area contributed by atoms with Gasteiger partial charge in [0.05, 0.1) is 19.3 Å². The predicted octanol–water partition coefficient (Wildman–Crippen LogP) is 3.61. The highest BCUT2D eigenvalue weighted by Crippen LogP contribution is 2.34. The number of ether oxygens (including phenoxy) is 2. The zero-order chi connectivity index (χ0) is 23.5. The number of amides is 1. The lowest BCUT2D eigenvalue weighted by Crippen LogP contribution is -2.23. The number of benzene rings is 1. The van der Waals surface area contributed by atoms with Gasteiger partial charge in [-0.25, -0.2) is 4.79 Å². The number of methoxy groups -OCH3 is 1. The number of nitrogens with two attached hydrogens (primary N) is 1. The lowest BCUT2D eigenvalue weighted by atomic mass is 9.87.